The second-order valence-electron chi connectivity index (χ2n) is 4.11. The van der Waals surface area contributed by atoms with Crippen LogP contribution in [0.15, 0.2) is 47.4 Å². The molecule has 0 amide bonds. The summed E-state index contributed by atoms with van der Waals surface area (Å²) in [6, 6.07) is 12.2. The van der Waals surface area contributed by atoms with Crippen LogP contribution in [0, 0.1) is 17.1 Å². The van der Waals surface area contributed by atoms with Gasteiger partial charge in [0.15, 0.2) is 9.84 Å². The zero-order valence-corrected chi connectivity index (χ0v) is 10.9. The van der Waals surface area contributed by atoms with Crippen molar-refractivity contribution in [1.29, 1.82) is 5.26 Å². The number of hydrogen-bond donors (Lipinski definition) is 0. The summed E-state index contributed by atoms with van der Waals surface area (Å²) >= 11 is 0. The number of halogens is 1. The van der Waals surface area contributed by atoms with Gasteiger partial charge in [-0.25, -0.2) is 12.8 Å². The smallest absolute Gasteiger partial charge is 0.175 e. The van der Waals surface area contributed by atoms with E-state index in [1.165, 1.54) is 30.3 Å². The third kappa shape index (κ3) is 2.80. The van der Waals surface area contributed by atoms with Gasteiger partial charge in [0.1, 0.15) is 11.9 Å². The Labute approximate surface area is 110 Å². The lowest BCUT2D eigenvalue weighted by molar-refractivity contribution is 0.602. The van der Waals surface area contributed by atoms with Crippen LogP contribution in [-0.4, -0.2) is 14.7 Å². The molecular weight excluding hydrogens is 265 g/mol. The average molecular weight is 275 g/mol. The van der Waals surface area contributed by atoms with Gasteiger partial charge in [-0.15, -0.1) is 0 Å². The van der Waals surface area contributed by atoms with Crippen LogP contribution < -0.4 is 0 Å². The molecule has 0 aromatic heterocycles. The van der Waals surface area contributed by atoms with Crippen molar-refractivity contribution in [1.82, 2.24) is 0 Å². The molecule has 5 heteroatoms. The first-order valence-electron chi connectivity index (χ1n) is 5.42. The predicted octanol–water partition coefficient (Wildman–Crippen LogP) is 2.77. The second kappa shape index (κ2) is 4.82. The van der Waals surface area contributed by atoms with Gasteiger partial charge in [0, 0.05) is 6.26 Å². The highest BCUT2D eigenvalue weighted by Crippen LogP contribution is 2.24. The van der Waals surface area contributed by atoms with Crippen LogP contribution in [0.4, 0.5) is 4.39 Å². The van der Waals surface area contributed by atoms with E-state index in [2.05, 4.69) is 0 Å². The molecule has 0 heterocycles. The summed E-state index contributed by atoms with van der Waals surface area (Å²) in [5, 5.41) is 8.79. The number of benzene rings is 2. The molecular formula is C14H10FNO2S. The lowest BCUT2D eigenvalue weighted by Crippen LogP contribution is -1.97. The summed E-state index contributed by atoms with van der Waals surface area (Å²) < 4.78 is 36.2. The lowest BCUT2D eigenvalue weighted by Gasteiger charge is -2.05. The molecule has 0 saturated heterocycles. The molecule has 2 rings (SSSR count). The van der Waals surface area contributed by atoms with Crippen LogP contribution in [0.2, 0.25) is 0 Å². The van der Waals surface area contributed by atoms with E-state index in [1.54, 1.807) is 18.2 Å². The zero-order chi connectivity index (χ0) is 14.0. The average Bonchev–Trinajstić information content (AvgIpc) is 2.38. The Morgan fingerprint density at radius 1 is 1.11 bits per heavy atom. The Kier molecular flexibility index (Phi) is 3.36. The van der Waals surface area contributed by atoms with Gasteiger partial charge in [-0.1, -0.05) is 18.2 Å². The SMILES string of the molecule is CS(=O)(=O)c1cccc(-c2ccc(F)c(C#N)c2)c1. The Bertz CT molecular complexity index is 776. The van der Waals surface area contributed by atoms with Gasteiger partial charge in [-0.05, 0) is 35.4 Å². The quantitative estimate of drug-likeness (QED) is 0.846. The van der Waals surface area contributed by atoms with Crippen molar-refractivity contribution in [2.75, 3.05) is 6.26 Å². The van der Waals surface area contributed by atoms with E-state index >= 15 is 0 Å². The Morgan fingerprint density at radius 2 is 1.79 bits per heavy atom. The number of sulfone groups is 1. The van der Waals surface area contributed by atoms with Crippen LogP contribution in [-0.2, 0) is 9.84 Å². The van der Waals surface area contributed by atoms with E-state index in [-0.39, 0.29) is 10.5 Å². The van der Waals surface area contributed by atoms with Crippen LogP contribution in [0.25, 0.3) is 11.1 Å². The summed E-state index contributed by atoms with van der Waals surface area (Å²) in [7, 11) is -3.30. The molecule has 0 N–H and O–H groups in total. The first-order chi connectivity index (χ1) is 8.91. The standard InChI is InChI=1S/C14H10FNO2S/c1-19(17,18)13-4-2-3-10(8-13)11-5-6-14(15)12(7-11)9-16/h2-8H,1H3. The van der Waals surface area contributed by atoms with Crippen LogP contribution in [0.5, 0.6) is 0 Å². The summed E-state index contributed by atoms with van der Waals surface area (Å²) in [4.78, 5) is 0.188. The summed E-state index contributed by atoms with van der Waals surface area (Å²) in [6.07, 6.45) is 1.12. The van der Waals surface area contributed by atoms with Gasteiger partial charge in [0.05, 0.1) is 10.5 Å². The van der Waals surface area contributed by atoms with Gasteiger partial charge in [0.25, 0.3) is 0 Å². The molecule has 0 atom stereocenters. The third-order valence-electron chi connectivity index (χ3n) is 2.68. The van der Waals surface area contributed by atoms with Gasteiger partial charge >= 0.3 is 0 Å². The normalized spacial score (nSPS) is 11.0. The first kappa shape index (κ1) is 13.2. The molecule has 0 saturated carbocycles. The number of nitriles is 1. The Hall–Kier alpha value is -2.19. The highest BCUT2D eigenvalue weighted by molar-refractivity contribution is 7.90. The fourth-order valence-electron chi connectivity index (χ4n) is 1.70. The maximum Gasteiger partial charge on any atom is 0.175 e. The molecule has 3 nitrogen and oxygen atoms in total. The van der Waals surface area contributed by atoms with E-state index in [0.717, 1.165) is 6.26 Å². The first-order valence-corrected chi connectivity index (χ1v) is 7.31. The van der Waals surface area contributed by atoms with E-state index in [9.17, 15) is 12.8 Å². The van der Waals surface area contributed by atoms with Crippen LogP contribution >= 0.6 is 0 Å². The highest BCUT2D eigenvalue weighted by atomic mass is 32.2. The number of nitrogens with zero attached hydrogens (tertiary/aromatic N) is 1. The maximum absolute atomic E-state index is 13.2. The zero-order valence-electron chi connectivity index (χ0n) is 10.1. The molecule has 96 valence electrons. The molecule has 19 heavy (non-hydrogen) atoms. The Balaban J connectivity index is 2.58. The Morgan fingerprint density at radius 3 is 2.42 bits per heavy atom. The molecule has 0 unspecified atom stereocenters. The fraction of sp³-hybridized carbons (Fsp3) is 0.0714. The molecule has 0 spiro atoms. The predicted molar refractivity (Wildman–Crippen MR) is 69.7 cm³/mol. The van der Waals surface area contributed by atoms with E-state index in [1.807, 2.05) is 0 Å². The molecule has 0 radical (unpaired) electrons. The summed E-state index contributed by atoms with van der Waals surface area (Å²) in [6.45, 7) is 0. The van der Waals surface area contributed by atoms with Crippen LogP contribution in [0.3, 0.4) is 0 Å². The van der Waals surface area contributed by atoms with Gasteiger partial charge in [-0.3, -0.25) is 0 Å². The van der Waals surface area contributed by atoms with Crippen LogP contribution in [0.1, 0.15) is 5.56 Å². The maximum atomic E-state index is 13.2. The van der Waals surface area contributed by atoms with E-state index in [0.29, 0.717) is 11.1 Å². The lowest BCUT2D eigenvalue weighted by atomic mass is 10.0. The van der Waals surface area contributed by atoms with Crippen molar-refractivity contribution in [3.63, 3.8) is 0 Å². The van der Waals surface area contributed by atoms with Gasteiger partial charge in [0.2, 0.25) is 0 Å². The van der Waals surface area contributed by atoms with E-state index in [4.69, 9.17) is 5.26 Å². The van der Waals surface area contributed by atoms with Gasteiger partial charge in [-0.2, -0.15) is 5.26 Å². The minimum atomic E-state index is -3.30. The molecule has 2 aromatic carbocycles. The molecule has 0 fully saturated rings. The molecule has 0 aliphatic carbocycles. The highest BCUT2D eigenvalue weighted by Gasteiger charge is 2.09. The summed E-state index contributed by atoms with van der Waals surface area (Å²) in [5.41, 5.74) is 1.16. The minimum Gasteiger partial charge on any atom is -0.224 e. The van der Waals surface area contributed by atoms with Crippen molar-refractivity contribution >= 4 is 9.84 Å². The molecule has 0 aliphatic rings. The fourth-order valence-corrected chi connectivity index (χ4v) is 2.36. The van der Waals surface area contributed by atoms with Crippen molar-refractivity contribution < 1.29 is 12.8 Å². The topological polar surface area (TPSA) is 57.9 Å². The van der Waals surface area contributed by atoms with Crippen molar-refractivity contribution in [3.8, 4) is 17.2 Å². The van der Waals surface area contributed by atoms with Crippen molar-refractivity contribution in [3.05, 3.63) is 53.8 Å². The molecule has 0 aliphatic heterocycles. The molecule has 2 aromatic rings. The number of rotatable bonds is 2. The molecule has 0 bridgehead atoms. The second-order valence-corrected chi connectivity index (χ2v) is 6.12. The minimum absolute atomic E-state index is 0.0674. The van der Waals surface area contributed by atoms with Gasteiger partial charge < -0.3 is 0 Å². The van der Waals surface area contributed by atoms with Crippen molar-refractivity contribution in [2.45, 2.75) is 4.90 Å². The van der Waals surface area contributed by atoms with E-state index < -0.39 is 15.7 Å². The third-order valence-corrected chi connectivity index (χ3v) is 3.79. The summed E-state index contributed by atoms with van der Waals surface area (Å²) in [5.74, 6) is -0.592. The largest absolute Gasteiger partial charge is 0.224 e. The number of hydrogen-bond acceptors (Lipinski definition) is 3. The van der Waals surface area contributed by atoms with Crippen molar-refractivity contribution in [2.24, 2.45) is 0 Å². The monoisotopic (exact) mass is 275 g/mol.